The van der Waals surface area contributed by atoms with Crippen LogP contribution in [0.1, 0.15) is 191 Å². The van der Waals surface area contributed by atoms with E-state index in [1.807, 2.05) is 41.5 Å². The van der Waals surface area contributed by atoms with Crippen LogP contribution in [0, 0.1) is 76.4 Å². The minimum Gasteiger partial charge on any atom is -0.463 e. The summed E-state index contributed by atoms with van der Waals surface area (Å²) in [4.78, 5) is 156. The van der Waals surface area contributed by atoms with E-state index in [0.717, 1.165) is 0 Å². The van der Waals surface area contributed by atoms with Gasteiger partial charge in [-0.15, -0.1) is 0 Å². The summed E-state index contributed by atoms with van der Waals surface area (Å²) in [5.41, 5.74) is -1.33. The number of hydrogen-bond acceptors (Lipinski definition) is 22. The quantitative estimate of drug-likeness (QED) is 0.00994. The first-order chi connectivity index (χ1) is 51.6. The molecule has 3 fully saturated rings. The lowest BCUT2D eigenvalue weighted by atomic mass is 9.79. The Morgan fingerprint density at radius 1 is 0.394 bits per heavy atom. The highest BCUT2D eigenvalue weighted by Crippen LogP contribution is 2.38. The molecule has 0 saturated carbocycles. The van der Waals surface area contributed by atoms with Crippen LogP contribution in [-0.2, 0) is 107 Å². The SMILES string of the molecule is CC(=O)NC1[C@H](OCCCCCCNC(=O)CNC(=O)CN(CC(=O)CCC(=O)NCCCCO[C@@H]2OC(COC(C)=O)[C@H](C)[C@H](C)C2C)C(CCNC(=O)CCCC(=O)Cc2c(F)c(F)c(F)c(F)c2F)C(=O)CCC(=O)NCCCCO[C@@H]2OC(COC(C)=O)[C@H](C)[C@H](C)C2C)OC(COC(C)=O)[C@H](C)[C@@H]1C. The highest BCUT2D eigenvalue weighted by Gasteiger charge is 2.45. The van der Waals surface area contributed by atoms with E-state index in [1.54, 1.807) is 0 Å². The van der Waals surface area contributed by atoms with Crippen molar-refractivity contribution >= 4 is 70.7 Å². The van der Waals surface area contributed by atoms with Gasteiger partial charge in [-0.1, -0.05) is 68.2 Å². The number of halogens is 5. The van der Waals surface area contributed by atoms with Gasteiger partial charge < -0.3 is 74.5 Å². The zero-order chi connectivity index (χ0) is 81.0. The van der Waals surface area contributed by atoms with Crippen LogP contribution in [0.3, 0.4) is 0 Å². The van der Waals surface area contributed by atoms with Gasteiger partial charge in [0.2, 0.25) is 41.3 Å². The Morgan fingerprint density at radius 2 is 0.807 bits per heavy atom. The van der Waals surface area contributed by atoms with Gasteiger partial charge >= 0.3 is 17.9 Å². The molecule has 4 rings (SSSR count). The highest BCUT2D eigenvalue weighted by atomic mass is 19.2. The molecule has 28 nitrogen and oxygen atoms in total. The molecule has 3 aliphatic rings. The molecule has 0 spiro atoms. The zero-order valence-corrected chi connectivity index (χ0v) is 65.4. The summed E-state index contributed by atoms with van der Waals surface area (Å²) in [7, 11) is 0. The van der Waals surface area contributed by atoms with E-state index in [1.165, 1.54) is 32.6 Å². The Kier molecular flexibility index (Phi) is 42.6. The summed E-state index contributed by atoms with van der Waals surface area (Å²) in [6, 6.07) is -1.82. The van der Waals surface area contributed by atoms with Crippen LogP contribution < -0.4 is 31.9 Å². The van der Waals surface area contributed by atoms with Gasteiger partial charge in [-0.25, -0.2) is 22.0 Å². The fourth-order valence-corrected chi connectivity index (χ4v) is 13.1. The summed E-state index contributed by atoms with van der Waals surface area (Å²) in [5.74, 6) is -17.4. The third-order valence-corrected chi connectivity index (χ3v) is 20.8. The Bertz CT molecular complexity index is 3130. The van der Waals surface area contributed by atoms with E-state index >= 15 is 0 Å². The smallest absolute Gasteiger partial charge is 0.302 e. The number of nitrogens with zero attached hydrogens (tertiary/aromatic N) is 1. The molecule has 1 aromatic rings. The molecule has 33 heteroatoms. The molecule has 7 unspecified atom stereocenters. The van der Waals surface area contributed by atoms with Gasteiger partial charge in [-0.2, -0.15) is 0 Å². The van der Waals surface area contributed by atoms with E-state index in [4.69, 9.17) is 42.6 Å². The van der Waals surface area contributed by atoms with Gasteiger partial charge in [0.05, 0.1) is 50.0 Å². The maximum Gasteiger partial charge on any atom is 0.302 e. The summed E-state index contributed by atoms with van der Waals surface area (Å²) in [5, 5.41) is 16.3. The average Bonchev–Trinajstić information content (AvgIpc) is 0.804. The number of Topliss-reactive ketones (excluding diaryl/α,β-unsaturated/α-hetero) is 3. The van der Waals surface area contributed by atoms with Crippen molar-refractivity contribution in [2.75, 3.05) is 85.5 Å². The van der Waals surface area contributed by atoms with Crippen LogP contribution in [0.15, 0.2) is 0 Å². The van der Waals surface area contributed by atoms with Gasteiger partial charge in [0, 0.05) is 136 Å². The number of hydrogen-bond donors (Lipinski definition) is 6. The van der Waals surface area contributed by atoms with E-state index in [2.05, 4.69) is 45.7 Å². The molecular weight excluding hydrogens is 1440 g/mol. The van der Waals surface area contributed by atoms with Crippen LogP contribution in [0.4, 0.5) is 22.0 Å². The van der Waals surface area contributed by atoms with Crippen molar-refractivity contribution in [3.8, 4) is 0 Å². The predicted molar refractivity (Wildman–Crippen MR) is 384 cm³/mol. The van der Waals surface area contributed by atoms with Crippen LogP contribution in [-0.4, -0.2) is 210 Å². The fourth-order valence-electron chi connectivity index (χ4n) is 13.1. The number of nitrogens with one attached hydrogen (secondary N) is 6. The van der Waals surface area contributed by atoms with Gasteiger partial charge in [0.15, 0.2) is 47.9 Å². The fraction of sp³-hybridized carbons (Fsp3) is 0.763. The normalized spacial score (nSPS) is 24.2. The number of unbranched alkanes of at least 4 members (excludes halogenated alkanes) is 5. The maximum absolute atomic E-state index is 14.5. The van der Waals surface area contributed by atoms with E-state index in [9.17, 15) is 79.5 Å². The molecule has 0 bridgehead atoms. The van der Waals surface area contributed by atoms with Crippen molar-refractivity contribution in [1.82, 2.24) is 36.8 Å². The first-order valence-corrected chi connectivity index (χ1v) is 38.2. The number of esters is 3. The number of ketones is 3. The second-order valence-electron chi connectivity index (χ2n) is 29.1. The second-order valence-corrected chi connectivity index (χ2v) is 29.1. The number of carbonyl (C=O) groups is 12. The first kappa shape index (κ1) is 94.2. The third-order valence-electron chi connectivity index (χ3n) is 20.8. The van der Waals surface area contributed by atoms with Crippen molar-refractivity contribution in [2.24, 2.45) is 47.3 Å². The lowest BCUT2D eigenvalue weighted by Gasteiger charge is -2.44. The largest absolute Gasteiger partial charge is 0.463 e. The summed E-state index contributed by atoms with van der Waals surface area (Å²) in [6.45, 7) is 21.1. The standard InChI is InChI=1S/C76H118F5N7O21/c1-43-45(3)60(40-104-52(10)90)107-74(49(43)7)101-34-19-16-30-82-64(97)26-24-56(94)38-88(39-67(100)86-37-66(99)84-29-15-13-14-18-33-103-76-73(87-51(9)89)48(6)47(5)62(109-76)42-106-54(12)92)58(28-32-85-63(96)23-21-22-55(93)36-57-68(77)70(79)72(81)71(80)69(57)78)59(95)25-27-65(98)83-31-17-20-35-102-75-50(8)44(2)46(4)61(108-75)41-105-53(11)91/h43-50,58,60-62,73-76H,13-42H2,1-12H3,(H,82,97)(H,83,98)(H,84,99)(H,85,96)(H,86,100)(H,87,89)/t43-,44-,45+,46+,47+,48-,49?,50?,58?,60?,61?,62?,73?,74+,75+,76+/m0/s1. The molecule has 618 valence electrons. The molecule has 16 atom stereocenters. The van der Waals surface area contributed by atoms with Crippen molar-refractivity contribution < 1.29 is 122 Å². The molecule has 6 amide bonds. The molecule has 0 aromatic heterocycles. The molecule has 1 aromatic carbocycles. The second kappa shape index (κ2) is 49.3. The van der Waals surface area contributed by atoms with Crippen molar-refractivity contribution in [2.45, 2.75) is 242 Å². The molecule has 3 saturated heterocycles. The van der Waals surface area contributed by atoms with E-state index < -0.39 is 175 Å². The summed E-state index contributed by atoms with van der Waals surface area (Å²) >= 11 is 0. The van der Waals surface area contributed by atoms with Gasteiger partial charge in [0.25, 0.3) is 0 Å². The molecule has 109 heavy (non-hydrogen) atoms. The molecule has 0 aliphatic carbocycles. The summed E-state index contributed by atoms with van der Waals surface area (Å²) in [6.07, 6.45) is -2.55. The van der Waals surface area contributed by atoms with Crippen LogP contribution in [0.25, 0.3) is 0 Å². The molecule has 3 aliphatic heterocycles. The number of carbonyl (C=O) groups excluding carboxylic acids is 12. The van der Waals surface area contributed by atoms with E-state index in [0.29, 0.717) is 58.0 Å². The van der Waals surface area contributed by atoms with Crippen molar-refractivity contribution in [3.05, 3.63) is 34.6 Å². The van der Waals surface area contributed by atoms with Crippen LogP contribution >= 0.6 is 0 Å². The maximum atomic E-state index is 14.5. The Balaban J connectivity index is 1.41. The first-order valence-electron chi connectivity index (χ1n) is 38.2. The lowest BCUT2D eigenvalue weighted by molar-refractivity contribution is -0.255. The van der Waals surface area contributed by atoms with Crippen LogP contribution in [0.5, 0.6) is 0 Å². The number of rotatable bonds is 50. The molecule has 6 N–H and O–H groups in total. The highest BCUT2D eigenvalue weighted by molar-refractivity contribution is 5.92. The lowest BCUT2D eigenvalue weighted by Crippen LogP contribution is -2.58. The number of benzene rings is 1. The predicted octanol–water partition coefficient (Wildman–Crippen LogP) is 6.63. The average molecular weight is 1560 g/mol. The topological polar surface area (TPSA) is 363 Å². The van der Waals surface area contributed by atoms with Gasteiger partial charge in [-0.3, -0.25) is 62.4 Å². The third kappa shape index (κ3) is 33.4. The molecule has 3 heterocycles. The zero-order valence-electron chi connectivity index (χ0n) is 65.4. The van der Waals surface area contributed by atoms with Gasteiger partial charge in [0.1, 0.15) is 31.4 Å². The van der Waals surface area contributed by atoms with Crippen molar-refractivity contribution in [3.63, 3.8) is 0 Å². The minimum absolute atomic E-state index is 0.0290. The van der Waals surface area contributed by atoms with Crippen molar-refractivity contribution in [1.29, 1.82) is 0 Å². The monoisotopic (exact) mass is 1560 g/mol. The minimum atomic E-state index is -2.39. The molecular formula is C76H118F5N7O21. The van der Waals surface area contributed by atoms with Gasteiger partial charge in [-0.05, 0) is 86.9 Å². The molecule has 0 radical (unpaired) electrons. The van der Waals surface area contributed by atoms with E-state index in [-0.39, 0.29) is 163 Å². The number of amides is 6. The Morgan fingerprint density at radius 3 is 1.30 bits per heavy atom. The summed E-state index contributed by atoms with van der Waals surface area (Å²) < 4.78 is 123. The Hall–Kier alpha value is -7.17. The van der Waals surface area contributed by atoms with Crippen LogP contribution in [0.2, 0.25) is 0 Å². The number of ether oxygens (including phenoxy) is 9. The Labute approximate surface area is 636 Å².